The Bertz CT molecular complexity index is 1220. The maximum Gasteiger partial charge on any atom is 0.275 e. The van der Waals surface area contributed by atoms with Crippen molar-refractivity contribution in [2.75, 3.05) is 17.9 Å². The Balaban J connectivity index is 1.66. The van der Waals surface area contributed by atoms with E-state index in [4.69, 9.17) is 0 Å². The van der Waals surface area contributed by atoms with Crippen molar-refractivity contribution in [3.05, 3.63) is 71.9 Å². The van der Waals surface area contributed by atoms with Crippen LogP contribution in [-0.4, -0.2) is 37.1 Å². The van der Waals surface area contributed by atoms with Gasteiger partial charge in [0, 0.05) is 36.3 Å². The van der Waals surface area contributed by atoms with Gasteiger partial charge in [0.15, 0.2) is 0 Å². The molecule has 32 heavy (non-hydrogen) atoms. The third kappa shape index (κ3) is 4.76. The monoisotopic (exact) mass is 451 g/mol. The number of benzene rings is 2. The van der Waals surface area contributed by atoms with Crippen molar-refractivity contribution in [2.24, 2.45) is 0 Å². The second-order valence-electron chi connectivity index (χ2n) is 8.84. The lowest BCUT2D eigenvalue weighted by Crippen LogP contribution is -2.34. The molecule has 0 spiro atoms. The second kappa shape index (κ2) is 9.51. The van der Waals surface area contributed by atoms with Crippen molar-refractivity contribution < 1.29 is 8.42 Å². The van der Waals surface area contributed by atoms with Crippen molar-refractivity contribution in [1.82, 2.24) is 9.58 Å². The highest BCUT2D eigenvalue weighted by atomic mass is 32.2. The molecule has 3 aromatic rings. The third-order valence-electron chi connectivity index (χ3n) is 6.28. The van der Waals surface area contributed by atoms with E-state index in [2.05, 4.69) is 42.6 Å². The molecule has 0 atom stereocenters. The predicted octanol–water partition coefficient (Wildman–Crippen LogP) is 5.41. The first kappa shape index (κ1) is 22.6. The molecule has 0 amide bonds. The second-order valence-corrected chi connectivity index (χ2v) is 10.5. The minimum atomic E-state index is -3.70. The van der Waals surface area contributed by atoms with E-state index in [-0.39, 0.29) is 0 Å². The van der Waals surface area contributed by atoms with Crippen molar-refractivity contribution in [1.29, 1.82) is 0 Å². The molecule has 170 valence electrons. The summed E-state index contributed by atoms with van der Waals surface area (Å²) in [6.07, 6.45) is 8.18. The number of rotatable bonds is 8. The van der Waals surface area contributed by atoms with Crippen molar-refractivity contribution in [2.45, 2.75) is 57.4 Å². The quantitative estimate of drug-likeness (QED) is 0.498. The Morgan fingerprint density at radius 1 is 1.09 bits per heavy atom. The summed E-state index contributed by atoms with van der Waals surface area (Å²) in [6, 6.07) is 15.8. The van der Waals surface area contributed by atoms with Crippen LogP contribution in [0, 0.1) is 0 Å². The smallest absolute Gasteiger partial charge is 0.275 e. The molecule has 0 unspecified atom stereocenters. The molecular formula is C26H33N3O2S. The molecule has 1 aromatic heterocycles. The van der Waals surface area contributed by atoms with Crippen LogP contribution in [0.4, 0.5) is 0 Å². The average molecular weight is 452 g/mol. The van der Waals surface area contributed by atoms with Crippen LogP contribution in [0.5, 0.6) is 0 Å². The predicted molar refractivity (Wildman–Crippen MR) is 133 cm³/mol. The standard InChI is InChI=1S/C26H33N3O2S/c1-4-5-9-21-10-8-11-23(18-21)32(30,31)27-29-19-25(24-12-6-7-13-26(24)29)22-14-16-28(17-15-22)20(2)3/h6-8,10-14,18-20,27H,4-5,9,15-17H2,1-3H3. The molecule has 1 aliphatic rings. The first-order valence-electron chi connectivity index (χ1n) is 11.5. The molecule has 0 fully saturated rings. The van der Waals surface area contributed by atoms with Crippen LogP contribution >= 0.6 is 0 Å². The average Bonchev–Trinajstić information content (AvgIpc) is 3.16. The Morgan fingerprint density at radius 2 is 1.91 bits per heavy atom. The minimum absolute atomic E-state index is 0.301. The van der Waals surface area contributed by atoms with E-state index in [1.165, 1.54) is 5.57 Å². The first-order chi connectivity index (χ1) is 15.4. The molecule has 0 saturated heterocycles. The van der Waals surface area contributed by atoms with Crippen molar-refractivity contribution in [3.8, 4) is 0 Å². The topological polar surface area (TPSA) is 54.3 Å². The fourth-order valence-corrected chi connectivity index (χ4v) is 5.42. The van der Waals surface area contributed by atoms with E-state index in [0.29, 0.717) is 10.9 Å². The number of hydrogen-bond donors (Lipinski definition) is 1. The maximum atomic E-state index is 13.2. The molecule has 5 nitrogen and oxygen atoms in total. The summed E-state index contributed by atoms with van der Waals surface area (Å²) in [5.41, 5.74) is 4.29. The number of sulfonamides is 1. The number of hydrogen-bond acceptors (Lipinski definition) is 3. The van der Waals surface area contributed by atoms with E-state index in [1.807, 2.05) is 36.5 Å². The Labute approximate surface area is 191 Å². The van der Waals surface area contributed by atoms with Crippen LogP contribution in [0.25, 0.3) is 16.5 Å². The van der Waals surface area contributed by atoms with E-state index in [9.17, 15) is 8.42 Å². The lowest BCUT2D eigenvalue weighted by Gasteiger charge is -2.29. The zero-order valence-electron chi connectivity index (χ0n) is 19.2. The molecule has 0 radical (unpaired) electrons. The molecule has 1 N–H and O–H groups in total. The van der Waals surface area contributed by atoms with Crippen LogP contribution in [0.2, 0.25) is 0 Å². The van der Waals surface area contributed by atoms with Crippen LogP contribution in [0.3, 0.4) is 0 Å². The van der Waals surface area contributed by atoms with Gasteiger partial charge in [-0.1, -0.05) is 49.8 Å². The Morgan fingerprint density at radius 3 is 2.62 bits per heavy atom. The molecule has 0 bridgehead atoms. The van der Waals surface area contributed by atoms with Crippen LogP contribution in [0.1, 0.15) is 51.2 Å². The molecule has 0 saturated carbocycles. The summed E-state index contributed by atoms with van der Waals surface area (Å²) >= 11 is 0. The van der Waals surface area contributed by atoms with Crippen molar-refractivity contribution in [3.63, 3.8) is 0 Å². The summed E-state index contributed by atoms with van der Waals surface area (Å²) < 4.78 is 28.1. The van der Waals surface area contributed by atoms with Gasteiger partial charge in [0.2, 0.25) is 0 Å². The summed E-state index contributed by atoms with van der Waals surface area (Å²) in [7, 11) is -3.70. The number of para-hydroxylation sites is 1. The van der Waals surface area contributed by atoms with Gasteiger partial charge in [-0.05, 0) is 62.4 Å². The van der Waals surface area contributed by atoms with E-state index < -0.39 is 10.0 Å². The van der Waals surface area contributed by atoms with E-state index in [1.54, 1.807) is 16.8 Å². The van der Waals surface area contributed by atoms with Gasteiger partial charge in [0.1, 0.15) is 0 Å². The molecule has 1 aliphatic heterocycles. The molecule has 6 heteroatoms. The fraction of sp³-hybridized carbons (Fsp3) is 0.385. The zero-order valence-corrected chi connectivity index (χ0v) is 20.0. The molecule has 2 aromatic carbocycles. The van der Waals surface area contributed by atoms with Gasteiger partial charge >= 0.3 is 0 Å². The van der Waals surface area contributed by atoms with E-state index >= 15 is 0 Å². The molecule has 0 aliphatic carbocycles. The molecule has 4 rings (SSSR count). The number of aromatic nitrogens is 1. The first-order valence-corrected chi connectivity index (χ1v) is 13.0. The molecular weight excluding hydrogens is 418 g/mol. The lowest BCUT2D eigenvalue weighted by atomic mass is 9.98. The largest absolute Gasteiger partial charge is 0.297 e. The number of unbranched alkanes of at least 4 members (excludes halogenated alkanes) is 1. The highest BCUT2D eigenvalue weighted by Gasteiger charge is 2.21. The van der Waals surface area contributed by atoms with E-state index in [0.717, 1.165) is 60.8 Å². The number of fused-ring (bicyclic) bond motifs is 1. The van der Waals surface area contributed by atoms with Crippen LogP contribution < -0.4 is 4.83 Å². The number of nitrogens with zero attached hydrogens (tertiary/aromatic N) is 2. The van der Waals surface area contributed by atoms with Gasteiger partial charge in [-0.3, -0.25) is 9.58 Å². The summed E-state index contributed by atoms with van der Waals surface area (Å²) in [5, 5.41) is 1.07. The summed E-state index contributed by atoms with van der Waals surface area (Å²) in [5.74, 6) is 0. The summed E-state index contributed by atoms with van der Waals surface area (Å²) in [6.45, 7) is 8.51. The van der Waals surface area contributed by atoms with Gasteiger partial charge < -0.3 is 0 Å². The van der Waals surface area contributed by atoms with Gasteiger partial charge in [0.05, 0.1) is 10.4 Å². The number of aryl methyl sites for hydroxylation is 1. The summed E-state index contributed by atoms with van der Waals surface area (Å²) in [4.78, 5) is 5.54. The fourth-order valence-electron chi connectivity index (χ4n) is 4.34. The maximum absolute atomic E-state index is 13.2. The lowest BCUT2D eigenvalue weighted by molar-refractivity contribution is 0.245. The molecule has 2 heterocycles. The number of nitrogens with one attached hydrogen (secondary N) is 1. The van der Waals surface area contributed by atoms with Gasteiger partial charge in [-0.25, -0.2) is 4.83 Å². The Hall–Kier alpha value is -2.57. The normalized spacial score (nSPS) is 15.3. The van der Waals surface area contributed by atoms with Crippen LogP contribution in [0.15, 0.2) is 65.7 Å². The highest BCUT2D eigenvalue weighted by molar-refractivity contribution is 7.92. The highest BCUT2D eigenvalue weighted by Crippen LogP contribution is 2.31. The van der Waals surface area contributed by atoms with Gasteiger partial charge in [-0.15, -0.1) is 0 Å². The van der Waals surface area contributed by atoms with Crippen LogP contribution in [-0.2, 0) is 16.4 Å². The third-order valence-corrected chi connectivity index (χ3v) is 7.59. The SMILES string of the molecule is CCCCc1cccc(S(=O)(=O)Nn2cc(C3=CCN(C(C)C)CC3)c3ccccc32)c1. The minimum Gasteiger partial charge on any atom is -0.297 e. The zero-order chi connectivity index (χ0) is 22.7. The van der Waals surface area contributed by atoms with Gasteiger partial charge in [-0.2, -0.15) is 8.42 Å². The van der Waals surface area contributed by atoms with Crippen molar-refractivity contribution >= 4 is 26.5 Å². The Kier molecular flexibility index (Phi) is 6.72. The van der Waals surface area contributed by atoms with Gasteiger partial charge in [0.25, 0.3) is 10.0 Å².